The van der Waals surface area contributed by atoms with Gasteiger partial charge >= 0.3 is 0 Å². The van der Waals surface area contributed by atoms with Gasteiger partial charge in [-0.2, -0.15) is 0 Å². The molecule has 2 aliphatic carbocycles. The number of aliphatic hydroxyl groups excluding tert-OH is 1. The van der Waals surface area contributed by atoms with E-state index in [1.54, 1.807) is 0 Å². The zero-order valence-electron chi connectivity index (χ0n) is 11.8. The van der Waals surface area contributed by atoms with Crippen molar-refractivity contribution < 1.29 is 15.0 Å². The second-order valence-corrected chi connectivity index (χ2v) is 7.03. The Labute approximate surface area is 109 Å². The van der Waals surface area contributed by atoms with E-state index in [0.29, 0.717) is 18.4 Å². The van der Waals surface area contributed by atoms with E-state index in [1.165, 1.54) is 0 Å². The molecule has 3 atom stereocenters. The normalized spacial score (nSPS) is 42.9. The number of carbonyl (C=O) groups excluding carboxylic acids is 1. The van der Waals surface area contributed by atoms with Crippen LogP contribution in [0.4, 0.5) is 0 Å². The molecule has 1 saturated carbocycles. The first-order valence-corrected chi connectivity index (χ1v) is 6.75. The van der Waals surface area contributed by atoms with Crippen molar-refractivity contribution in [1.29, 1.82) is 0 Å². The quantitative estimate of drug-likeness (QED) is 0.740. The van der Waals surface area contributed by atoms with Gasteiger partial charge in [-0.25, -0.2) is 0 Å². The molecule has 0 aromatic heterocycles. The summed E-state index contributed by atoms with van der Waals surface area (Å²) in [5, 5.41) is 20.8. The number of aliphatic hydroxyl groups is 2. The lowest BCUT2D eigenvalue weighted by atomic mass is 9.66. The molecule has 0 aromatic rings. The number of hydrogen-bond acceptors (Lipinski definition) is 3. The summed E-state index contributed by atoms with van der Waals surface area (Å²) in [5.74, 6) is 0.178. The molecule has 0 aromatic carbocycles. The van der Waals surface area contributed by atoms with E-state index >= 15 is 0 Å². The van der Waals surface area contributed by atoms with Crippen LogP contribution in [-0.4, -0.2) is 28.7 Å². The molecule has 0 saturated heterocycles. The summed E-state index contributed by atoms with van der Waals surface area (Å²) in [6.07, 6.45) is 3.12. The topological polar surface area (TPSA) is 57.5 Å². The molecular weight excluding hydrogens is 228 g/mol. The Morgan fingerprint density at radius 2 is 2.00 bits per heavy atom. The van der Waals surface area contributed by atoms with Crippen molar-refractivity contribution in [2.24, 2.45) is 16.7 Å². The molecule has 3 heteroatoms. The lowest BCUT2D eigenvalue weighted by Gasteiger charge is -2.43. The maximum Gasteiger partial charge on any atom is 0.146 e. The molecule has 0 radical (unpaired) electrons. The predicted octanol–water partition coefficient (Wildman–Crippen LogP) is 2.07. The molecule has 0 spiro atoms. The van der Waals surface area contributed by atoms with Crippen LogP contribution in [0.3, 0.4) is 0 Å². The molecule has 3 nitrogen and oxygen atoms in total. The Bertz CT molecular complexity index is 410. The van der Waals surface area contributed by atoms with Crippen molar-refractivity contribution in [3.8, 4) is 0 Å². The number of rotatable bonds is 2. The SMILES string of the molecule is CC1CCC2(O)C(=C1C=O)C(C)(CO)CC2(C)C. The van der Waals surface area contributed by atoms with Gasteiger partial charge in [0.25, 0.3) is 0 Å². The van der Waals surface area contributed by atoms with Gasteiger partial charge < -0.3 is 10.2 Å². The van der Waals surface area contributed by atoms with E-state index in [1.807, 2.05) is 27.7 Å². The van der Waals surface area contributed by atoms with Crippen LogP contribution in [-0.2, 0) is 4.79 Å². The highest BCUT2D eigenvalue weighted by Crippen LogP contribution is 2.63. The van der Waals surface area contributed by atoms with Gasteiger partial charge in [0.05, 0.1) is 12.2 Å². The molecule has 2 N–H and O–H groups in total. The van der Waals surface area contributed by atoms with E-state index in [2.05, 4.69) is 0 Å². The van der Waals surface area contributed by atoms with Crippen LogP contribution < -0.4 is 0 Å². The third-order valence-corrected chi connectivity index (χ3v) is 5.20. The van der Waals surface area contributed by atoms with Gasteiger partial charge in [0.1, 0.15) is 6.29 Å². The lowest BCUT2D eigenvalue weighted by molar-refractivity contribution is -0.106. The summed E-state index contributed by atoms with van der Waals surface area (Å²) in [7, 11) is 0. The van der Waals surface area contributed by atoms with E-state index in [0.717, 1.165) is 18.3 Å². The van der Waals surface area contributed by atoms with Crippen LogP contribution in [0.5, 0.6) is 0 Å². The van der Waals surface area contributed by atoms with Crippen molar-refractivity contribution in [1.82, 2.24) is 0 Å². The summed E-state index contributed by atoms with van der Waals surface area (Å²) < 4.78 is 0. The van der Waals surface area contributed by atoms with Gasteiger partial charge in [0.15, 0.2) is 0 Å². The second kappa shape index (κ2) is 3.91. The maximum absolute atomic E-state index is 11.4. The van der Waals surface area contributed by atoms with Crippen molar-refractivity contribution in [3.63, 3.8) is 0 Å². The summed E-state index contributed by atoms with van der Waals surface area (Å²) >= 11 is 0. The van der Waals surface area contributed by atoms with Crippen molar-refractivity contribution >= 4 is 6.29 Å². The molecule has 3 unspecified atom stereocenters. The number of hydrogen-bond donors (Lipinski definition) is 2. The molecule has 18 heavy (non-hydrogen) atoms. The molecular formula is C15H24O3. The number of fused-ring (bicyclic) bond motifs is 1. The fourth-order valence-electron chi connectivity index (χ4n) is 4.24. The monoisotopic (exact) mass is 252 g/mol. The van der Waals surface area contributed by atoms with Crippen molar-refractivity contribution in [2.75, 3.05) is 6.61 Å². The average Bonchev–Trinajstić information content (AvgIpc) is 2.46. The van der Waals surface area contributed by atoms with Crippen LogP contribution in [0.25, 0.3) is 0 Å². The van der Waals surface area contributed by atoms with Crippen LogP contribution in [0.15, 0.2) is 11.1 Å². The van der Waals surface area contributed by atoms with Crippen LogP contribution in [0.1, 0.15) is 47.0 Å². The highest BCUT2D eigenvalue weighted by molar-refractivity contribution is 5.77. The number of carbonyl (C=O) groups is 1. The fraction of sp³-hybridized carbons (Fsp3) is 0.800. The fourth-order valence-corrected chi connectivity index (χ4v) is 4.24. The minimum absolute atomic E-state index is 0.0157. The van der Waals surface area contributed by atoms with Gasteiger partial charge in [-0.05, 0) is 41.7 Å². The molecule has 1 fully saturated rings. The highest BCUT2D eigenvalue weighted by atomic mass is 16.3. The zero-order valence-corrected chi connectivity index (χ0v) is 11.8. The van der Waals surface area contributed by atoms with Crippen LogP contribution in [0, 0.1) is 16.7 Å². The third-order valence-electron chi connectivity index (χ3n) is 5.20. The molecule has 0 bridgehead atoms. The summed E-state index contributed by atoms with van der Waals surface area (Å²) in [4.78, 5) is 11.4. The number of aldehydes is 1. The molecule has 2 aliphatic rings. The Morgan fingerprint density at radius 1 is 1.39 bits per heavy atom. The van der Waals surface area contributed by atoms with Crippen LogP contribution >= 0.6 is 0 Å². The third kappa shape index (κ3) is 1.53. The molecule has 0 aliphatic heterocycles. The number of allylic oxidation sites excluding steroid dienone is 1. The summed E-state index contributed by atoms with van der Waals surface area (Å²) in [6, 6.07) is 0. The lowest BCUT2D eigenvalue weighted by Crippen LogP contribution is -2.45. The zero-order chi connectivity index (χ0) is 13.8. The Hall–Kier alpha value is -0.670. The molecule has 0 amide bonds. The van der Waals surface area contributed by atoms with E-state index in [4.69, 9.17) is 0 Å². The highest BCUT2D eigenvalue weighted by Gasteiger charge is 2.62. The average molecular weight is 252 g/mol. The second-order valence-electron chi connectivity index (χ2n) is 7.03. The van der Waals surface area contributed by atoms with Gasteiger partial charge in [0.2, 0.25) is 0 Å². The summed E-state index contributed by atoms with van der Waals surface area (Å²) in [6.45, 7) is 8.04. The standard InChI is InChI=1S/C15H24O3/c1-10-5-6-15(18)12(11(10)7-16)14(4,9-17)8-13(15,2)3/h7,10,17-18H,5-6,8-9H2,1-4H3. The maximum atomic E-state index is 11.4. The largest absolute Gasteiger partial charge is 0.395 e. The van der Waals surface area contributed by atoms with Gasteiger partial charge in [0, 0.05) is 5.41 Å². The molecule has 102 valence electrons. The molecule has 0 heterocycles. The van der Waals surface area contributed by atoms with E-state index in [9.17, 15) is 15.0 Å². The minimum Gasteiger partial charge on any atom is -0.395 e. The minimum atomic E-state index is -0.937. The first-order chi connectivity index (χ1) is 8.22. The Morgan fingerprint density at radius 3 is 2.50 bits per heavy atom. The van der Waals surface area contributed by atoms with Crippen molar-refractivity contribution in [3.05, 3.63) is 11.1 Å². The van der Waals surface area contributed by atoms with E-state index in [-0.39, 0.29) is 17.9 Å². The van der Waals surface area contributed by atoms with E-state index < -0.39 is 11.0 Å². The first-order valence-electron chi connectivity index (χ1n) is 6.75. The predicted molar refractivity (Wildman–Crippen MR) is 70.0 cm³/mol. The Balaban J connectivity index is 2.71. The smallest absolute Gasteiger partial charge is 0.146 e. The van der Waals surface area contributed by atoms with Gasteiger partial charge in [-0.15, -0.1) is 0 Å². The first kappa shape index (κ1) is 13.8. The van der Waals surface area contributed by atoms with Crippen LogP contribution in [0.2, 0.25) is 0 Å². The van der Waals surface area contributed by atoms with Gasteiger partial charge in [-0.1, -0.05) is 27.7 Å². The Kier molecular flexibility index (Phi) is 2.99. The van der Waals surface area contributed by atoms with Gasteiger partial charge in [-0.3, -0.25) is 4.79 Å². The van der Waals surface area contributed by atoms with Crippen molar-refractivity contribution in [2.45, 2.75) is 52.6 Å². The molecule has 2 rings (SSSR count). The summed E-state index contributed by atoms with van der Waals surface area (Å²) in [5.41, 5.74) is -0.188.